The molecule has 2 aromatic rings. The molecule has 4 N–H and O–H groups in total. The lowest BCUT2D eigenvalue weighted by atomic mass is 10.2. The molecule has 0 fully saturated rings. The summed E-state index contributed by atoms with van der Waals surface area (Å²) in [6.45, 7) is 0. The Hall–Kier alpha value is -2.54. The number of carbonyl (C=O) groups is 1. The molecule has 0 atom stereocenters. The Balaban J connectivity index is 2.10. The average molecular weight is 351 g/mol. The van der Waals surface area contributed by atoms with Crippen LogP contribution in [-0.2, 0) is 0 Å². The number of nitrogens with one attached hydrogen (secondary N) is 1. The van der Waals surface area contributed by atoms with Crippen LogP contribution in [0.5, 0.6) is 17.2 Å². The third-order valence-corrected chi connectivity index (χ3v) is 3.08. The van der Waals surface area contributed by atoms with Crippen LogP contribution in [0.1, 0.15) is 15.9 Å². The molecule has 7 heteroatoms. The number of benzene rings is 2. The molecular weight excluding hydrogens is 340 g/mol. The second-order valence-corrected chi connectivity index (χ2v) is 5.02. The number of phenols is 3. The molecule has 108 valence electrons. The highest BCUT2D eigenvalue weighted by Crippen LogP contribution is 2.22. The van der Waals surface area contributed by atoms with Gasteiger partial charge in [0.1, 0.15) is 17.2 Å². The lowest BCUT2D eigenvalue weighted by Crippen LogP contribution is -2.17. The normalized spacial score (nSPS) is 10.7. The minimum absolute atomic E-state index is 0.0662. The van der Waals surface area contributed by atoms with Gasteiger partial charge in [-0.1, -0.05) is 15.9 Å². The molecular formula is C14H11BrN2O4. The maximum Gasteiger partial charge on any atom is 0.275 e. The van der Waals surface area contributed by atoms with Gasteiger partial charge in [-0.3, -0.25) is 4.79 Å². The number of aromatic hydroxyl groups is 3. The number of amides is 1. The molecule has 2 rings (SSSR count). The van der Waals surface area contributed by atoms with E-state index < -0.39 is 5.91 Å². The molecule has 0 spiro atoms. The third kappa shape index (κ3) is 3.73. The highest BCUT2D eigenvalue weighted by Gasteiger charge is 2.10. The van der Waals surface area contributed by atoms with Crippen molar-refractivity contribution in [2.45, 2.75) is 0 Å². The molecule has 0 aliphatic carbocycles. The SMILES string of the molecule is O=C(N/N=C/c1ccc(O)cc1O)c1cc(Br)ccc1O. The molecule has 0 aromatic heterocycles. The number of rotatable bonds is 3. The number of nitrogens with zero attached hydrogens (tertiary/aromatic N) is 1. The zero-order valence-corrected chi connectivity index (χ0v) is 12.2. The number of hydrogen-bond donors (Lipinski definition) is 4. The summed E-state index contributed by atoms with van der Waals surface area (Å²) in [5.74, 6) is -1.01. The van der Waals surface area contributed by atoms with E-state index in [0.717, 1.165) is 6.07 Å². The topological polar surface area (TPSA) is 102 Å². The standard InChI is InChI=1S/C14H11BrN2O4/c15-9-2-4-12(19)11(5-9)14(21)17-16-7-8-1-3-10(18)6-13(8)20/h1-7,18-20H,(H,17,21)/b16-7+. The summed E-state index contributed by atoms with van der Waals surface area (Å²) >= 11 is 3.20. The van der Waals surface area contributed by atoms with E-state index in [-0.39, 0.29) is 22.8 Å². The summed E-state index contributed by atoms with van der Waals surface area (Å²) in [5, 5.41) is 32.0. The number of phenolic OH excluding ortho intramolecular Hbond substituents is 3. The molecule has 0 saturated carbocycles. The first-order valence-corrected chi connectivity index (χ1v) is 6.60. The van der Waals surface area contributed by atoms with Crippen molar-refractivity contribution >= 4 is 28.1 Å². The molecule has 2 aromatic carbocycles. The predicted octanol–water partition coefficient (Wildman–Crippen LogP) is 2.33. The largest absolute Gasteiger partial charge is 0.508 e. The van der Waals surface area contributed by atoms with Crippen molar-refractivity contribution in [1.82, 2.24) is 5.43 Å². The van der Waals surface area contributed by atoms with E-state index in [9.17, 15) is 15.0 Å². The molecule has 1 amide bonds. The Labute approximate surface area is 128 Å². The Kier molecular flexibility index (Phi) is 4.44. The number of carbonyl (C=O) groups excluding carboxylic acids is 1. The first-order chi connectivity index (χ1) is 9.97. The lowest BCUT2D eigenvalue weighted by Gasteiger charge is -2.03. The summed E-state index contributed by atoms with van der Waals surface area (Å²) < 4.78 is 0.644. The van der Waals surface area contributed by atoms with Gasteiger partial charge >= 0.3 is 0 Å². The quantitative estimate of drug-likeness (QED) is 0.503. The van der Waals surface area contributed by atoms with E-state index in [1.165, 1.54) is 30.5 Å². The van der Waals surface area contributed by atoms with Gasteiger partial charge in [0.25, 0.3) is 5.91 Å². The number of halogens is 1. The molecule has 21 heavy (non-hydrogen) atoms. The minimum atomic E-state index is -0.594. The molecule has 0 unspecified atom stereocenters. The van der Waals surface area contributed by atoms with E-state index in [1.54, 1.807) is 6.07 Å². The van der Waals surface area contributed by atoms with E-state index in [1.807, 2.05) is 0 Å². The summed E-state index contributed by atoms with van der Waals surface area (Å²) in [5.41, 5.74) is 2.63. The van der Waals surface area contributed by atoms with Gasteiger partial charge in [0.2, 0.25) is 0 Å². The van der Waals surface area contributed by atoms with Crippen LogP contribution in [0, 0.1) is 0 Å². The second kappa shape index (κ2) is 6.27. The Bertz CT molecular complexity index is 716. The summed E-state index contributed by atoms with van der Waals surface area (Å²) in [4.78, 5) is 11.8. The van der Waals surface area contributed by atoms with Gasteiger partial charge in [-0.05, 0) is 30.3 Å². The van der Waals surface area contributed by atoms with Crippen molar-refractivity contribution in [2.75, 3.05) is 0 Å². The van der Waals surface area contributed by atoms with Crippen molar-refractivity contribution in [2.24, 2.45) is 5.10 Å². The average Bonchev–Trinajstić information content (AvgIpc) is 2.43. The zero-order valence-electron chi connectivity index (χ0n) is 10.6. The Morgan fingerprint density at radius 2 is 1.86 bits per heavy atom. The molecule has 0 radical (unpaired) electrons. The van der Waals surface area contributed by atoms with Crippen molar-refractivity contribution in [3.63, 3.8) is 0 Å². The van der Waals surface area contributed by atoms with Gasteiger partial charge in [0.15, 0.2) is 0 Å². The number of hydrazone groups is 1. The first kappa shape index (κ1) is 14.9. The van der Waals surface area contributed by atoms with Gasteiger partial charge in [0.05, 0.1) is 11.8 Å². The molecule has 0 aliphatic heterocycles. The molecule has 6 nitrogen and oxygen atoms in total. The van der Waals surface area contributed by atoms with E-state index in [4.69, 9.17) is 5.11 Å². The summed E-state index contributed by atoms with van der Waals surface area (Å²) in [6, 6.07) is 8.42. The monoisotopic (exact) mass is 350 g/mol. The van der Waals surface area contributed by atoms with Crippen LogP contribution < -0.4 is 5.43 Å². The maximum atomic E-state index is 11.8. The lowest BCUT2D eigenvalue weighted by molar-refractivity contribution is 0.0952. The van der Waals surface area contributed by atoms with E-state index in [0.29, 0.717) is 10.0 Å². The fourth-order valence-electron chi connectivity index (χ4n) is 1.55. The predicted molar refractivity (Wildman–Crippen MR) is 80.6 cm³/mol. The second-order valence-electron chi connectivity index (χ2n) is 4.10. The molecule has 0 aliphatic rings. The van der Waals surface area contributed by atoms with Crippen molar-refractivity contribution in [3.05, 3.63) is 52.0 Å². The summed E-state index contributed by atoms with van der Waals surface area (Å²) in [7, 11) is 0. The fourth-order valence-corrected chi connectivity index (χ4v) is 1.91. The molecule has 0 heterocycles. The van der Waals surface area contributed by atoms with Gasteiger partial charge < -0.3 is 15.3 Å². The van der Waals surface area contributed by atoms with Crippen molar-refractivity contribution in [1.29, 1.82) is 0 Å². The number of hydrogen-bond acceptors (Lipinski definition) is 5. The Morgan fingerprint density at radius 1 is 1.10 bits per heavy atom. The summed E-state index contributed by atoms with van der Waals surface area (Å²) in [6.07, 6.45) is 1.22. The zero-order chi connectivity index (χ0) is 15.4. The van der Waals surface area contributed by atoms with Crippen LogP contribution in [0.25, 0.3) is 0 Å². The van der Waals surface area contributed by atoms with Crippen LogP contribution in [0.4, 0.5) is 0 Å². The van der Waals surface area contributed by atoms with Crippen LogP contribution in [-0.4, -0.2) is 27.4 Å². The smallest absolute Gasteiger partial charge is 0.275 e. The van der Waals surface area contributed by atoms with Gasteiger partial charge in [-0.15, -0.1) is 0 Å². The van der Waals surface area contributed by atoms with Gasteiger partial charge in [-0.25, -0.2) is 5.43 Å². The van der Waals surface area contributed by atoms with Gasteiger partial charge in [0, 0.05) is 16.1 Å². The minimum Gasteiger partial charge on any atom is -0.508 e. The highest BCUT2D eigenvalue weighted by molar-refractivity contribution is 9.10. The van der Waals surface area contributed by atoms with Crippen LogP contribution in [0.15, 0.2) is 46.0 Å². The van der Waals surface area contributed by atoms with Crippen molar-refractivity contribution < 1.29 is 20.1 Å². The van der Waals surface area contributed by atoms with E-state index >= 15 is 0 Å². The van der Waals surface area contributed by atoms with E-state index in [2.05, 4.69) is 26.5 Å². The first-order valence-electron chi connectivity index (χ1n) is 5.81. The highest BCUT2D eigenvalue weighted by atomic mass is 79.9. The maximum absolute atomic E-state index is 11.8. The Morgan fingerprint density at radius 3 is 2.57 bits per heavy atom. The van der Waals surface area contributed by atoms with Crippen LogP contribution >= 0.6 is 15.9 Å². The fraction of sp³-hybridized carbons (Fsp3) is 0. The van der Waals surface area contributed by atoms with Crippen LogP contribution in [0.3, 0.4) is 0 Å². The van der Waals surface area contributed by atoms with Crippen LogP contribution in [0.2, 0.25) is 0 Å². The molecule has 0 saturated heterocycles. The van der Waals surface area contributed by atoms with Crippen molar-refractivity contribution in [3.8, 4) is 17.2 Å². The third-order valence-electron chi connectivity index (χ3n) is 2.59. The van der Waals surface area contributed by atoms with Gasteiger partial charge in [-0.2, -0.15) is 5.10 Å². The molecule has 0 bridgehead atoms.